The highest BCUT2D eigenvalue weighted by atomic mass is 16.5. The summed E-state index contributed by atoms with van der Waals surface area (Å²) in [7, 11) is 1.59. The fourth-order valence-corrected chi connectivity index (χ4v) is 1.44. The van der Waals surface area contributed by atoms with Gasteiger partial charge in [0.2, 0.25) is 5.78 Å². The molecule has 0 spiro atoms. The van der Waals surface area contributed by atoms with Crippen LogP contribution in [0.5, 0.6) is 5.75 Å². The molecule has 0 heterocycles. The summed E-state index contributed by atoms with van der Waals surface area (Å²) in [5, 5.41) is 2.59. The fourth-order valence-electron chi connectivity index (χ4n) is 1.44. The van der Waals surface area contributed by atoms with E-state index in [0.29, 0.717) is 5.69 Å². The van der Waals surface area contributed by atoms with Gasteiger partial charge >= 0.3 is 0 Å². The minimum absolute atomic E-state index is 0.505. The molecule has 1 aromatic carbocycles. The van der Waals surface area contributed by atoms with Crippen molar-refractivity contribution in [2.75, 3.05) is 12.4 Å². The van der Waals surface area contributed by atoms with Crippen LogP contribution in [-0.4, -0.2) is 18.8 Å². The third-order valence-electron chi connectivity index (χ3n) is 2.30. The molecule has 4 heteroatoms. The maximum Gasteiger partial charge on any atom is 0.291 e. The van der Waals surface area contributed by atoms with Crippen molar-refractivity contribution < 1.29 is 14.3 Å². The minimum atomic E-state index is -0.601. The predicted molar refractivity (Wildman–Crippen MR) is 61.8 cm³/mol. The van der Waals surface area contributed by atoms with Crippen molar-refractivity contribution in [1.29, 1.82) is 0 Å². The molecule has 0 bridgehead atoms. The Morgan fingerprint density at radius 3 is 2.06 bits per heavy atom. The van der Waals surface area contributed by atoms with Crippen LogP contribution in [0.15, 0.2) is 12.1 Å². The maximum atomic E-state index is 11.3. The zero-order valence-corrected chi connectivity index (χ0v) is 9.88. The van der Waals surface area contributed by atoms with Crippen molar-refractivity contribution >= 4 is 17.4 Å². The van der Waals surface area contributed by atoms with Gasteiger partial charge in [0, 0.05) is 12.6 Å². The number of methoxy groups -OCH3 is 1. The summed E-state index contributed by atoms with van der Waals surface area (Å²) in [6.07, 6.45) is 0. The maximum absolute atomic E-state index is 11.3. The Labute approximate surface area is 94.6 Å². The van der Waals surface area contributed by atoms with Crippen LogP contribution in [-0.2, 0) is 9.59 Å². The van der Waals surface area contributed by atoms with Crippen LogP contribution in [0.25, 0.3) is 0 Å². The van der Waals surface area contributed by atoms with E-state index in [1.165, 1.54) is 6.92 Å². The summed E-state index contributed by atoms with van der Waals surface area (Å²) < 4.78 is 5.10. The quantitative estimate of drug-likeness (QED) is 0.792. The van der Waals surface area contributed by atoms with Crippen LogP contribution in [0, 0.1) is 13.8 Å². The normalized spacial score (nSPS) is 9.75. The average molecular weight is 221 g/mol. The predicted octanol–water partition coefficient (Wildman–Crippen LogP) is 1.84. The Kier molecular flexibility index (Phi) is 3.66. The first-order chi connectivity index (χ1) is 7.45. The van der Waals surface area contributed by atoms with Gasteiger partial charge in [0.15, 0.2) is 0 Å². The minimum Gasteiger partial charge on any atom is -0.497 e. The lowest BCUT2D eigenvalue weighted by atomic mass is 10.1. The molecule has 0 aromatic heterocycles. The number of ketones is 1. The second-order valence-corrected chi connectivity index (χ2v) is 3.65. The summed E-state index contributed by atoms with van der Waals surface area (Å²) in [6.45, 7) is 4.94. The van der Waals surface area contributed by atoms with Crippen LogP contribution in [0.4, 0.5) is 5.69 Å². The lowest BCUT2D eigenvalue weighted by Gasteiger charge is -2.12. The van der Waals surface area contributed by atoms with Crippen molar-refractivity contribution in [3.05, 3.63) is 23.3 Å². The van der Waals surface area contributed by atoms with Gasteiger partial charge in [-0.1, -0.05) is 0 Å². The number of amides is 1. The molecule has 0 atom stereocenters. The number of anilines is 1. The topological polar surface area (TPSA) is 55.4 Å². The molecule has 1 rings (SSSR count). The zero-order valence-electron chi connectivity index (χ0n) is 9.88. The van der Waals surface area contributed by atoms with Gasteiger partial charge in [0.1, 0.15) is 5.75 Å². The molecule has 0 radical (unpaired) electrons. The van der Waals surface area contributed by atoms with Crippen LogP contribution >= 0.6 is 0 Å². The van der Waals surface area contributed by atoms with Gasteiger partial charge in [-0.3, -0.25) is 9.59 Å². The largest absolute Gasteiger partial charge is 0.497 e. The Morgan fingerprint density at radius 1 is 1.19 bits per heavy atom. The number of nitrogens with one attached hydrogen (secondary N) is 1. The number of Topliss-reactive ketones (excluding diaryl/α,β-unsaturated/α-hetero) is 1. The molecule has 0 aliphatic rings. The van der Waals surface area contributed by atoms with Gasteiger partial charge in [-0.2, -0.15) is 0 Å². The molecule has 0 unspecified atom stereocenters. The third kappa shape index (κ3) is 2.59. The molecule has 0 aliphatic carbocycles. The highest BCUT2D eigenvalue weighted by molar-refractivity contribution is 6.39. The highest BCUT2D eigenvalue weighted by Gasteiger charge is 2.12. The van der Waals surface area contributed by atoms with Gasteiger partial charge in [0.05, 0.1) is 7.11 Å². The first-order valence-corrected chi connectivity index (χ1v) is 4.93. The Morgan fingerprint density at radius 2 is 1.69 bits per heavy atom. The first-order valence-electron chi connectivity index (χ1n) is 4.93. The van der Waals surface area contributed by atoms with E-state index in [1.807, 2.05) is 26.0 Å². The van der Waals surface area contributed by atoms with Gasteiger partial charge < -0.3 is 10.1 Å². The lowest BCUT2D eigenvalue weighted by Crippen LogP contribution is -2.20. The molecule has 0 saturated heterocycles. The second kappa shape index (κ2) is 4.79. The summed E-state index contributed by atoms with van der Waals surface area (Å²) in [5.41, 5.74) is 2.40. The summed E-state index contributed by atoms with van der Waals surface area (Å²) >= 11 is 0. The number of benzene rings is 1. The van der Waals surface area contributed by atoms with E-state index in [1.54, 1.807) is 7.11 Å². The van der Waals surface area contributed by atoms with Gasteiger partial charge in [-0.15, -0.1) is 0 Å². The molecule has 1 amide bonds. The molecule has 0 aliphatic heterocycles. The van der Waals surface area contributed by atoms with E-state index in [2.05, 4.69) is 5.32 Å². The number of hydrogen-bond donors (Lipinski definition) is 1. The molecular formula is C12H15NO3. The van der Waals surface area contributed by atoms with Gasteiger partial charge in [-0.25, -0.2) is 0 Å². The van der Waals surface area contributed by atoms with E-state index < -0.39 is 11.7 Å². The molecule has 1 N–H and O–H groups in total. The second-order valence-electron chi connectivity index (χ2n) is 3.65. The van der Waals surface area contributed by atoms with Crippen LogP contribution in [0.1, 0.15) is 18.1 Å². The van der Waals surface area contributed by atoms with Crippen LogP contribution in [0.2, 0.25) is 0 Å². The average Bonchev–Trinajstić information content (AvgIpc) is 2.22. The summed E-state index contributed by atoms with van der Waals surface area (Å²) in [5.74, 6) is -0.373. The van der Waals surface area contributed by atoms with E-state index >= 15 is 0 Å². The third-order valence-corrected chi connectivity index (χ3v) is 2.30. The van der Waals surface area contributed by atoms with E-state index in [-0.39, 0.29) is 0 Å². The number of ether oxygens (including phenoxy) is 1. The zero-order chi connectivity index (χ0) is 12.3. The molecule has 86 valence electrons. The smallest absolute Gasteiger partial charge is 0.291 e. The SMILES string of the molecule is COc1cc(C)c(NC(=O)C(C)=O)c(C)c1. The molecule has 0 saturated carbocycles. The number of carbonyl (C=O) groups is 2. The molecule has 4 nitrogen and oxygen atoms in total. The fraction of sp³-hybridized carbons (Fsp3) is 0.333. The molecular weight excluding hydrogens is 206 g/mol. The van der Waals surface area contributed by atoms with Crippen molar-refractivity contribution in [2.24, 2.45) is 0 Å². The lowest BCUT2D eigenvalue weighted by molar-refractivity contribution is -0.133. The Bertz CT molecular complexity index is 415. The van der Waals surface area contributed by atoms with Crippen molar-refractivity contribution in [2.45, 2.75) is 20.8 Å². The van der Waals surface area contributed by atoms with Gasteiger partial charge in [0.25, 0.3) is 5.91 Å². The number of aryl methyl sites for hydroxylation is 2. The summed E-state index contributed by atoms with van der Waals surface area (Å²) in [6, 6.07) is 3.62. The van der Waals surface area contributed by atoms with E-state index in [0.717, 1.165) is 16.9 Å². The number of rotatable bonds is 3. The molecule has 0 fully saturated rings. The molecule has 1 aromatic rings. The highest BCUT2D eigenvalue weighted by Crippen LogP contribution is 2.25. The van der Waals surface area contributed by atoms with E-state index in [4.69, 9.17) is 4.74 Å². The van der Waals surface area contributed by atoms with E-state index in [9.17, 15) is 9.59 Å². The monoisotopic (exact) mass is 221 g/mol. The van der Waals surface area contributed by atoms with Crippen LogP contribution < -0.4 is 10.1 Å². The Hall–Kier alpha value is -1.84. The Balaban J connectivity index is 3.06. The van der Waals surface area contributed by atoms with Crippen molar-refractivity contribution in [1.82, 2.24) is 0 Å². The summed E-state index contributed by atoms with van der Waals surface area (Å²) in [4.78, 5) is 22.1. The molecule has 16 heavy (non-hydrogen) atoms. The standard InChI is InChI=1S/C12H15NO3/c1-7-5-10(16-4)6-8(2)11(7)13-12(15)9(3)14/h5-6H,1-4H3,(H,13,15). The van der Waals surface area contributed by atoms with Gasteiger partial charge in [-0.05, 0) is 37.1 Å². The number of carbonyl (C=O) groups excluding carboxylic acids is 2. The first kappa shape index (κ1) is 12.2. The number of hydrogen-bond acceptors (Lipinski definition) is 3. The van der Waals surface area contributed by atoms with Crippen molar-refractivity contribution in [3.8, 4) is 5.75 Å². The van der Waals surface area contributed by atoms with Crippen molar-refractivity contribution in [3.63, 3.8) is 0 Å². The van der Waals surface area contributed by atoms with Crippen LogP contribution in [0.3, 0.4) is 0 Å².